The van der Waals surface area contributed by atoms with Crippen molar-refractivity contribution in [3.63, 3.8) is 0 Å². The molecule has 1 saturated carbocycles. The zero-order valence-corrected chi connectivity index (χ0v) is 14.4. The van der Waals surface area contributed by atoms with E-state index in [1.807, 2.05) is 55.5 Å². The number of aliphatic imine (C=N–C) groups is 1. The number of hydrogen-bond acceptors (Lipinski definition) is 4. The lowest BCUT2D eigenvalue weighted by atomic mass is 9.79. The minimum absolute atomic E-state index is 0.152. The first kappa shape index (κ1) is 15.6. The molecule has 1 aliphatic heterocycles. The Balaban J connectivity index is 1.73. The van der Waals surface area contributed by atoms with Crippen LogP contribution in [0, 0.1) is 0 Å². The molecule has 2 aliphatic rings. The van der Waals surface area contributed by atoms with Crippen LogP contribution in [0.15, 0.2) is 64.8 Å². The van der Waals surface area contributed by atoms with Crippen LogP contribution in [0.4, 0.5) is 11.4 Å². The summed E-state index contributed by atoms with van der Waals surface area (Å²) in [6.07, 6.45) is 1.27. The maximum atomic E-state index is 12.8. The number of ketones is 1. The van der Waals surface area contributed by atoms with Crippen LogP contribution in [0.25, 0.3) is 0 Å². The Morgan fingerprint density at radius 2 is 1.84 bits per heavy atom. The molecule has 1 atom stereocenters. The first-order valence-electron chi connectivity index (χ1n) is 8.47. The van der Waals surface area contributed by atoms with Crippen molar-refractivity contribution in [1.82, 2.24) is 0 Å². The topological polar surface area (TPSA) is 50.7 Å². The maximum Gasteiger partial charge on any atom is 0.167 e. The van der Waals surface area contributed by atoms with Gasteiger partial charge in [-0.05, 0) is 49.1 Å². The molecule has 0 aromatic heterocycles. The zero-order valence-electron chi connectivity index (χ0n) is 14.4. The summed E-state index contributed by atoms with van der Waals surface area (Å²) >= 11 is 0. The largest absolute Gasteiger partial charge is 0.497 e. The number of methoxy groups -OCH3 is 1. The van der Waals surface area contributed by atoms with Crippen LogP contribution >= 0.6 is 0 Å². The van der Waals surface area contributed by atoms with Crippen molar-refractivity contribution in [2.75, 3.05) is 12.4 Å². The quantitative estimate of drug-likeness (QED) is 0.873. The number of Topliss-reactive ketones (excluding diaryl/α,β-unsaturated/α-hetero) is 1. The number of nitrogens with one attached hydrogen (secondary N) is 1. The van der Waals surface area contributed by atoms with Crippen molar-refractivity contribution in [3.8, 4) is 5.75 Å². The third kappa shape index (κ3) is 2.84. The second-order valence-corrected chi connectivity index (χ2v) is 6.50. The van der Waals surface area contributed by atoms with Gasteiger partial charge in [-0.1, -0.05) is 24.3 Å². The maximum absolute atomic E-state index is 12.8. The Morgan fingerprint density at radius 1 is 1.08 bits per heavy atom. The highest BCUT2D eigenvalue weighted by Crippen LogP contribution is 2.38. The number of hydrogen-bond donors (Lipinski definition) is 1. The van der Waals surface area contributed by atoms with Gasteiger partial charge in [-0.15, -0.1) is 0 Å². The first-order chi connectivity index (χ1) is 12.2. The number of rotatable bonds is 2. The van der Waals surface area contributed by atoms with Crippen LogP contribution in [0.5, 0.6) is 5.75 Å². The van der Waals surface area contributed by atoms with Crippen molar-refractivity contribution in [1.29, 1.82) is 0 Å². The molecule has 0 unspecified atom stereocenters. The number of nitrogens with zero attached hydrogens (tertiary/aromatic N) is 1. The Bertz CT molecular complexity index is 894. The van der Waals surface area contributed by atoms with E-state index in [1.165, 1.54) is 0 Å². The summed E-state index contributed by atoms with van der Waals surface area (Å²) in [6, 6.07) is 15.9. The van der Waals surface area contributed by atoms with E-state index in [9.17, 15) is 4.79 Å². The molecule has 0 saturated heterocycles. The number of ether oxygens (including phenoxy) is 1. The Labute approximate surface area is 147 Å². The van der Waals surface area contributed by atoms with Crippen molar-refractivity contribution in [2.24, 2.45) is 4.99 Å². The summed E-state index contributed by atoms with van der Waals surface area (Å²) in [5.41, 5.74) is 5.51. The third-order valence-electron chi connectivity index (χ3n) is 4.88. The molecule has 0 amide bonds. The third-order valence-corrected chi connectivity index (χ3v) is 4.88. The lowest BCUT2D eigenvalue weighted by molar-refractivity contribution is -0.115. The molecule has 4 nitrogen and oxygen atoms in total. The highest BCUT2D eigenvalue weighted by molar-refractivity contribution is 6.26. The fourth-order valence-corrected chi connectivity index (χ4v) is 3.62. The number of anilines is 1. The lowest BCUT2D eigenvalue weighted by Crippen LogP contribution is -2.26. The summed E-state index contributed by atoms with van der Waals surface area (Å²) in [5, 5.41) is 3.35. The van der Waals surface area contributed by atoms with E-state index >= 15 is 0 Å². The molecule has 1 aliphatic carbocycles. The van der Waals surface area contributed by atoms with Crippen LogP contribution < -0.4 is 10.1 Å². The number of fused-ring (bicyclic) bond motifs is 2. The molecular weight excluding hydrogens is 312 g/mol. The molecular formula is C21H20N2O2. The highest BCUT2D eigenvalue weighted by atomic mass is 16.5. The van der Waals surface area contributed by atoms with E-state index in [1.54, 1.807) is 7.11 Å². The Morgan fingerprint density at radius 3 is 2.60 bits per heavy atom. The normalized spacial score (nSPS) is 19.4. The van der Waals surface area contributed by atoms with Gasteiger partial charge in [0.25, 0.3) is 0 Å². The molecule has 2 aromatic rings. The van der Waals surface area contributed by atoms with Crippen LogP contribution in [-0.4, -0.2) is 18.6 Å². The molecule has 1 heterocycles. The van der Waals surface area contributed by atoms with E-state index in [0.717, 1.165) is 46.1 Å². The molecule has 25 heavy (non-hydrogen) atoms. The minimum atomic E-state index is 0.152. The van der Waals surface area contributed by atoms with Gasteiger partial charge in [-0.3, -0.25) is 9.79 Å². The van der Waals surface area contributed by atoms with Gasteiger partial charge in [0.2, 0.25) is 0 Å². The molecule has 2 aromatic carbocycles. The molecule has 0 bridgehead atoms. The molecule has 1 fully saturated rings. The number of carbonyl (C=O) groups excluding carboxylic acids is 1. The van der Waals surface area contributed by atoms with Crippen LogP contribution in [0.3, 0.4) is 0 Å². The molecule has 0 radical (unpaired) electrons. The fourth-order valence-electron chi connectivity index (χ4n) is 3.62. The first-order valence-corrected chi connectivity index (χ1v) is 8.47. The fraction of sp³-hybridized carbons (Fsp3) is 0.238. The molecule has 0 spiro atoms. The lowest BCUT2D eigenvalue weighted by Gasteiger charge is -2.25. The van der Waals surface area contributed by atoms with E-state index < -0.39 is 0 Å². The predicted octanol–water partition coefficient (Wildman–Crippen LogP) is 4.61. The molecule has 126 valence electrons. The van der Waals surface area contributed by atoms with Gasteiger partial charge < -0.3 is 10.1 Å². The summed E-state index contributed by atoms with van der Waals surface area (Å²) in [4.78, 5) is 17.7. The smallest absolute Gasteiger partial charge is 0.167 e. The van der Waals surface area contributed by atoms with Crippen molar-refractivity contribution >= 4 is 22.9 Å². The van der Waals surface area contributed by atoms with Gasteiger partial charge in [0, 0.05) is 12.1 Å². The summed E-state index contributed by atoms with van der Waals surface area (Å²) in [7, 11) is 1.66. The van der Waals surface area contributed by atoms with E-state index in [0.29, 0.717) is 6.42 Å². The van der Waals surface area contributed by atoms with Gasteiger partial charge in [-0.2, -0.15) is 0 Å². The van der Waals surface area contributed by atoms with Crippen molar-refractivity contribution < 1.29 is 9.53 Å². The highest BCUT2D eigenvalue weighted by Gasteiger charge is 2.32. The number of allylic oxidation sites excluding steroid dienone is 2. The zero-order chi connectivity index (χ0) is 17.4. The van der Waals surface area contributed by atoms with Crippen molar-refractivity contribution in [2.45, 2.75) is 25.7 Å². The molecule has 4 rings (SSSR count). The second kappa shape index (κ2) is 6.20. The molecule has 4 heteroatoms. The summed E-state index contributed by atoms with van der Waals surface area (Å²) in [5.74, 6) is 1.13. The number of benzene rings is 2. The Hall–Kier alpha value is -2.88. The summed E-state index contributed by atoms with van der Waals surface area (Å²) in [6.45, 7) is 1.96. The molecule has 1 N–H and O–H groups in total. The van der Waals surface area contributed by atoms with E-state index in [2.05, 4.69) is 5.32 Å². The SMILES string of the molecule is COc1ccc([C@H]2CC(=O)C3=C(C)Nc4ccccc4N=C3C2)cc1. The monoisotopic (exact) mass is 332 g/mol. The predicted molar refractivity (Wildman–Crippen MR) is 99.8 cm³/mol. The number of carbonyl (C=O) groups is 1. The van der Waals surface area contributed by atoms with Crippen LogP contribution in [0.2, 0.25) is 0 Å². The van der Waals surface area contributed by atoms with Gasteiger partial charge >= 0.3 is 0 Å². The average Bonchev–Trinajstić information content (AvgIpc) is 2.77. The number of para-hydroxylation sites is 2. The van der Waals surface area contributed by atoms with Crippen molar-refractivity contribution in [3.05, 3.63) is 65.4 Å². The summed E-state index contributed by atoms with van der Waals surface area (Å²) < 4.78 is 5.23. The Kier molecular flexibility index (Phi) is 3.88. The van der Waals surface area contributed by atoms with Crippen LogP contribution in [-0.2, 0) is 4.79 Å². The standard InChI is InChI=1S/C21H20N2O2/c1-13-21-19(23-18-6-4-3-5-17(18)22-13)11-15(12-20(21)24)14-7-9-16(25-2)10-8-14/h3-10,15,22H,11-12H2,1-2H3/t15-/m1/s1. The van der Waals surface area contributed by atoms with Gasteiger partial charge in [0.1, 0.15) is 5.75 Å². The van der Waals surface area contributed by atoms with Crippen LogP contribution in [0.1, 0.15) is 31.2 Å². The average molecular weight is 332 g/mol. The van der Waals surface area contributed by atoms with E-state index in [-0.39, 0.29) is 11.7 Å². The van der Waals surface area contributed by atoms with Gasteiger partial charge in [-0.25, -0.2) is 0 Å². The second-order valence-electron chi connectivity index (χ2n) is 6.50. The van der Waals surface area contributed by atoms with Gasteiger partial charge in [0.15, 0.2) is 5.78 Å². The van der Waals surface area contributed by atoms with Gasteiger partial charge in [0.05, 0.1) is 29.8 Å². The minimum Gasteiger partial charge on any atom is -0.497 e. The van der Waals surface area contributed by atoms with E-state index in [4.69, 9.17) is 9.73 Å².